The number of hydrogen-bond donors (Lipinski definition) is 4. The molecule has 2 heterocycles. The van der Waals surface area contributed by atoms with Gasteiger partial charge >= 0.3 is 5.69 Å². The Morgan fingerprint density at radius 1 is 1.75 bits per heavy atom. The first-order chi connectivity index (χ1) is 10.0. The lowest BCUT2D eigenvalue weighted by Gasteiger charge is -2.20. The topological polar surface area (TPSA) is 108 Å². The number of rotatable bonds is 2. The van der Waals surface area contributed by atoms with E-state index in [1.54, 1.807) is 0 Å². The fourth-order valence-electron chi connectivity index (χ4n) is 1.78. The molecule has 0 saturated carbocycles. The molecule has 1 aromatic rings. The van der Waals surface area contributed by atoms with E-state index < -0.39 is 36.5 Å². The lowest BCUT2D eigenvalue weighted by molar-refractivity contribution is -0.207. The molecular formula is C11H11FN2O5S. The highest BCUT2D eigenvalue weighted by Gasteiger charge is 2.55. The largest absolute Gasteiger partial charge is 0.390 e. The van der Waals surface area contributed by atoms with E-state index in [2.05, 4.69) is 15.6 Å². The number of ether oxygens (including phenoxy) is 1. The first-order valence-electron chi connectivity index (χ1n) is 6.30. The summed E-state index contributed by atoms with van der Waals surface area (Å²) in [5, 5.41) is 28.6. The van der Waals surface area contributed by atoms with Crippen LogP contribution in [0.25, 0.3) is 0 Å². The molecule has 0 radical (unpaired) electrons. The Kier molecular flexibility index (Phi) is 3.10. The number of aliphatic hydroxyl groups is 3. The average molecular weight is 304 g/mol. The van der Waals surface area contributed by atoms with Gasteiger partial charge in [0.05, 0.1) is 8.30 Å². The smallest absolute Gasteiger partial charge is 0.328 e. The Morgan fingerprint density at radius 3 is 2.90 bits per heavy atom. The Morgan fingerprint density at radius 2 is 2.40 bits per heavy atom. The predicted octanol–water partition coefficient (Wildman–Crippen LogP) is -1.20. The third-order valence-electron chi connectivity index (χ3n) is 2.84. The molecule has 1 saturated heterocycles. The first kappa shape index (κ1) is 12.2. The molecule has 0 spiro atoms. The number of alkyl halides is 1. The quantitative estimate of drug-likeness (QED) is 0.404. The fraction of sp³-hybridized carbons (Fsp3) is 0.455. The van der Waals surface area contributed by atoms with Crippen molar-refractivity contribution in [1.82, 2.24) is 9.55 Å². The molecular weight excluding hydrogens is 291 g/mol. The zero-order chi connectivity index (χ0) is 16.9. The molecule has 1 aromatic heterocycles. The van der Waals surface area contributed by atoms with Gasteiger partial charge in [-0.1, -0.05) is 18.1 Å². The normalized spacial score (nSPS) is 35.2. The van der Waals surface area contributed by atoms with Gasteiger partial charge in [0.15, 0.2) is 6.23 Å². The molecule has 0 aromatic carbocycles. The zero-order valence-corrected chi connectivity index (χ0v) is 10.6. The second-order valence-corrected chi connectivity index (χ2v) is 4.46. The van der Waals surface area contributed by atoms with Gasteiger partial charge in [0.25, 0.3) is 5.85 Å². The number of H-pyrrole nitrogens is 1. The molecule has 108 valence electrons. The molecule has 4 atom stereocenters. The summed E-state index contributed by atoms with van der Waals surface area (Å²) >= 11 is 4.79. The minimum atomic E-state index is -3.64. The third-order valence-corrected chi connectivity index (χ3v) is 3.16. The van der Waals surface area contributed by atoms with Gasteiger partial charge in [0, 0.05) is 6.20 Å². The predicted molar refractivity (Wildman–Crippen MR) is 66.9 cm³/mol. The summed E-state index contributed by atoms with van der Waals surface area (Å²) in [5.74, 6) is -1.49. The van der Waals surface area contributed by atoms with Crippen LogP contribution in [0.15, 0.2) is 11.0 Å². The highest BCUT2D eigenvalue weighted by Crippen LogP contribution is 2.37. The van der Waals surface area contributed by atoms with Gasteiger partial charge < -0.3 is 20.1 Å². The van der Waals surface area contributed by atoms with Crippen molar-refractivity contribution in [2.75, 3.05) is 6.56 Å². The van der Waals surface area contributed by atoms with Gasteiger partial charge in [-0.25, -0.2) is 9.18 Å². The van der Waals surface area contributed by atoms with Crippen LogP contribution in [-0.4, -0.2) is 49.5 Å². The maximum Gasteiger partial charge on any atom is 0.328 e. The van der Waals surface area contributed by atoms with Crippen LogP contribution in [0.5, 0.6) is 0 Å². The lowest BCUT2D eigenvalue weighted by Crippen LogP contribution is -2.42. The number of halogens is 1. The summed E-state index contributed by atoms with van der Waals surface area (Å²) in [6.45, 7) is -3.62. The monoisotopic (exact) mass is 304 g/mol. The van der Waals surface area contributed by atoms with Crippen molar-refractivity contribution in [3.8, 4) is 12.3 Å². The van der Waals surface area contributed by atoms with Crippen LogP contribution in [-0.2, 0) is 4.74 Å². The summed E-state index contributed by atoms with van der Waals surface area (Å²) in [6.07, 6.45) is -0.149. The zero-order valence-electron chi connectivity index (χ0n) is 11.8. The number of terminal acetylenes is 1. The average Bonchev–Trinajstić information content (AvgIpc) is 2.64. The van der Waals surface area contributed by atoms with E-state index in [1.807, 2.05) is 0 Å². The van der Waals surface area contributed by atoms with Crippen molar-refractivity contribution >= 4 is 12.2 Å². The Balaban J connectivity index is 2.55. The van der Waals surface area contributed by atoms with Crippen LogP contribution >= 0.6 is 12.2 Å². The molecule has 0 amide bonds. The Hall–Kier alpha value is -1.57. The van der Waals surface area contributed by atoms with Gasteiger partial charge in [0.2, 0.25) is 0 Å². The van der Waals surface area contributed by atoms with Crippen LogP contribution < -0.4 is 5.69 Å². The van der Waals surface area contributed by atoms with E-state index >= 15 is 0 Å². The fourth-order valence-corrected chi connectivity index (χ4v) is 1.98. The van der Waals surface area contributed by atoms with Crippen molar-refractivity contribution in [3.63, 3.8) is 0 Å². The van der Waals surface area contributed by atoms with Crippen molar-refractivity contribution in [2.24, 2.45) is 0 Å². The second-order valence-electron chi connectivity index (χ2n) is 4.05. The number of aromatic nitrogens is 2. The molecule has 1 aliphatic heterocycles. The summed E-state index contributed by atoms with van der Waals surface area (Å²) < 4.78 is 33.4. The van der Waals surface area contributed by atoms with Crippen molar-refractivity contribution in [1.29, 1.82) is 0 Å². The van der Waals surface area contributed by atoms with Gasteiger partial charge in [-0.3, -0.25) is 9.55 Å². The minimum absolute atomic E-state index is 0.0308. The van der Waals surface area contributed by atoms with E-state index in [-0.39, 0.29) is 10.2 Å². The highest BCUT2D eigenvalue weighted by atomic mass is 32.1. The van der Waals surface area contributed by atoms with E-state index in [9.17, 15) is 19.4 Å². The third kappa shape index (κ3) is 2.17. The van der Waals surface area contributed by atoms with Crippen LogP contribution in [0, 0.1) is 17.0 Å². The summed E-state index contributed by atoms with van der Waals surface area (Å²) in [5.41, 5.74) is -0.897. The van der Waals surface area contributed by atoms with Crippen LogP contribution in [0.2, 0.25) is 0 Å². The Labute approximate surface area is 120 Å². The molecule has 9 heteroatoms. The van der Waals surface area contributed by atoms with Gasteiger partial charge in [-0.15, -0.1) is 6.42 Å². The lowest BCUT2D eigenvalue weighted by atomic mass is 10.1. The SMILES string of the molecule is [2H]C([2H])(O)[C@@]1(F)O[C@@H](n2cc(C#C)c(=S)[nH]c2=O)[C@H](O)[C@@H]1O. The molecule has 1 fully saturated rings. The van der Waals surface area contributed by atoms with Crippen LogP contribution in [0.3, 0.4) is 0 Å². The molecule has 4 N–H and O–H groups in total. The van der Waals surface area contributed by atoms with E-state index in [4.69, 9.17) is 26.5 Å². The molecule has 0 bridgehead atoms. The first-order valence-corrected chi connectivity index (χ1v) is 5.71. The molecule has 2 rings (SSSR count). The number of aliphatic hydroxyl groups excluding tert-OH is 2. The standard InChI is InChI=1S/C11H11FN2O5S/c1-2-5-3-14(10(18)13-8(5)20)9-6(16)7(17)11(12,4-15)19-9/h1,3,6-7,9,15-17H,4H2,(H,13,18,20)/t6-,7+,9-,11-/m1/s1/i4D2. The number of nitrogens with one attached hydrogen (secondary N) is 1. The van der Waals surface area contributed by atoms with Gasteiger partial charge in [0.1, 0.15) is 23.4 Å². The van der Waals surface area contributed by atoms with Crippen molar-refractivity contribution in [3.05, 3.63) is 26.9 Å². The van der Waals surface area contributed by atoms with E-state index in [0.29, 0.717) is 4.57 Å². The number of aromatic amines is 1. The van der Waals surface area contributed by atoms with Gasteiger partial charge in [-0.05, 0) is 0 Å². The number of hydrogen-bond acceptors (Lipinski definition) is 6. The van der Waals surface area contributed by atoms with Crippen LogP contribution in [0.1, 0.15) is 14.5 Å². The second kappa shape index (κ2) is 5.08. The summed E-state index contributed by atoms with van der Waals surface area (Å²) in [4.78, 5) is 14.0. The Bertz CT molecular complexity index is 755. The molecule has 7 nitrogen and oxygen atoms in total. The maximum absolute atomic E-state index is 14.3. The number of nitrogens with zero attached hydrogens (tertiary/aromatic N) is 1. The highest BCUT2D eigenvalue weighted by molar-refractivity contribution is 7.71. The van der Waals surface area contributed by atoms with E-state index in [1.165, 1.54) is 0 Å². The summed E-state index contributed by atoms with van der Waals surface area (Å²) in [7, 11) is 0. The summed E-state index contributed by atoms with van der Waals surface area (Å²) in [6, 6.07) is 0. The van der Waals surface area contributed by atoms with Gasteiger partial charge in [-0.2, -0.15) is 0 Å². The maximum atomic E-state index is 14.3. The molecule has 0 aliphatic carbocycles. The minimum Gasteiger partial charge on any atom is -0.390 e. The van der Waals surface area contributed by atoms with Crippen molar-refractivity contribution in [2.45, 2.75) is 24.3 Å². The molecule has 20 heavy (non-hydrogen) atoms. The van der Waals surface area contributed by atoms with Crippen molar-refractivity contribution < 1.29 is 27.2 Å². The molecule has 0 unspecified atom stereocenters. The van der Waals surface area contributed by atoms with E-state index in [0.717, 1.165) is 6.20 Å². The van der Waals surface area contributed by atoms with Crippen LogP contribution in [0.4, 0.5) is 4.39 Å². The molecule has 1 aliphatic rings.